The first kappa shape index (κ1) is 19.8. The van der Waals surface area contributed by atoms with Crippen LogP contribution in [0.2, 0.25) is 0 Å². The van der Waals surface area contributed by atoms with Crippen LogP contribution < -0.4 is 5.32 Å². The highest BCUT2D eigenvalue weighted by molar-refractivity contribution is 7.91. The van der Waals surface area contributed by atoms with Crippen molar-refractivity contribution < 1.29 is 13.2 Å². The van der Waals surface area contributed by atoms with Crippen LogP contribution >= 0.6 is 0 Å². The van der Waals surface area contributed by atoms with Gasteiger partial charge in [0, 0.05) is 25.4 Å². The Balaban J connectivity index is 1.72. The molecule has 6 heteroatoms. The first-order chi connectivity index (χ1) is 13.6. The van der Waals surface area contributed by atoms with Gasteiger partial charge in [0.1, 0.15) is 5.25 Å². The highest BCUT2D eigenvalue weighted by Crippen LogP contribution is 2.27. The van der Waals surface area contributed by atoms with Crippen molar-refractivity contribution in [2.75, 3.05) is 6.54 Å². The molecule has 0 aliphatic heterocycles. The molecule has 1 aromatic heterocycles. The van der Waals surface area contributed by atoms with Gasteiger partial charge in [-0.15, -0.1) is 0 Å². The second-order valence-corrected chi connectivity index (χ2v) is 8.55. The summed E-state index contributed by atoms with van der Waals surface area (Å²) in [4.78, 5) is 16.6. The van der Waals surface area contributed by atoms with Crippen LogP contribution in [-0.4, -0.2) is 25.9 Å². The zero-order valence-electron chi connectivity index (χ0n) is 15.4. The number of amides is 1. The van der Waals surface area contributed by atoms with Gasteiger partial charge in [-0.3, -0.25) is 9.78 Å². The maximum absolute atomic E-state index is 13.1. The van der Waals surface area contributed by atoms with Crippen LogP contribution in [0.25, 0.3) is 0 Å². The van der Waals surface area contributed by atoms with Crippen LogP contribution in [0.5, 0.6) is 0 Å². The largest absolute Gasteiger partial charge is 0.354 e. The second kappa shape index (κ2) is 9.28. The average Bonchev–Trinajstić information content (AvgIpc) is 2.74. The Morgan fingerprint density at radius 2 is 1.61 bits per heavy atom. The number of nitrogens with one attached hydrogen (secondary N) is 1. The molecule has 1 amide bonds. The van der Waals surface area contributed by atoms with E-state index in [0.29, 0.717) is 18.4 Å². The molecule has 144 valence electrons. The second-order valence-electron chi connectivity index (χ2n) is 6.42. The number of aryl methyl sites for hydroxylation is 1. The van der Waals surface area contributed by atoms with E-state index in [-0.39, 0.29) is 17.3 Å². The minimum atomic E-state index is -3.67. The number of nitrogens with zero attached hydrogens (tertiary/aromatic N) is 1. The Bertz CT molecular complexity index is 992. The molecule has 0 unspecified atom stereocenters. The van der Waals surface area contributed by atoms with E-state index in [1.165, 1.54) is 6.20 Å². The minimum absolute atomic E-state index is 0.00343. The lowest BCUT2D eigenvalue weighted by molar-refractivity contribution is -0.121. The van der Waals surface area contributed by atoms with E-state index in [0.717, 1.165) is 5.56 Å². The van der Waals surface area contributed by atoms with Gasteiger partial charge in [0.2, 0.25) is 5.91 Å². The van der Waals surface area contributed by atoms with E-state index < -0.39 is 15.1 Å². The Morgan fingerprint density at radius 1 is 0.929 bits per heavy atom. The molecular weight excluding hydrogens is 372 g/mol. The van der Waals surface area contributed by atoms with Gasteiger partial charge < -0.3 is 5.32 Å². The molecule has 0 fully saturated rings. The van der Waals surface area contributed by atoms with E-state index >= 15 is 0 Å². The summed E-state index contributed by atoms with van der Waals surface area (Å²) < 4.78 is 26.3. The fourth-order valence-corrected chi connectivity index (χ4v) is 4.61. The van der Waals surface area contributed by atoms with Gasteiger partial charge in [-0.05, 0) is 35.7 Å². The minimum Gasteiger partial charge on any atom is -0.354 e. The van der Waals surface area contributed by atoms with Gasteiger partial charge in [-0.25, -0.2) is 8.42 Å². The van der Waals surface area contributed by atoms with Crippen LogP contribution in [0, 0.1) is 0 Å². The lowest BCUT2D eigenvalue weighted by Gasteiger charge is -2.19. The van der Waals surface area contributed by atoms with Crippen molar-refractivity contribution in [1.29, 1.82) is 0 Å². The van der Waals surface area contributed by atoms with Crippen molar-refractivity contribution >= 4 is 15.7 Å². The topological polar surface area (TPSA) is 76.1 Å². The number of benzene rings is 2. The van der Waals surface area contributed by atoms with Crippen molar-refractivity contribution in [3.63, 3.8) is 0 Å². The van der Waals surface area contributed by atoms with Gasteiger partial charge in [-0.2, -0.15) is 0 Å². The third kappa shape index (κ3) is 5.04. The smallest absolute Gasteiger partial charge is 0.220 e. The van der Waals surface area contributed by atoms with Gasteiger partial charge in [0.25, 0.3) is 0 Å². The average molecular weight is 394 g/mol. The quantitative estimate of drug-likeness (QED) is 0.636. The summed E-state index contributed by atoms with van der Waals surface area (Å²) in [6, 6.07) is 21.4. The lowest BCUT2D eigenvalue weighted by atomic mass is 10.1. The number of carbonyl (C=O) groups excluding carboxylic acids is 1. The summed E-state index contributed by atoms with van der Waals surface area (Å²) in [5.74, 6) is -0.180. The molecule has 1 atom stereocenters. The number of hydrogen-bond acceptors (Lipinski definition) is 4. The Hall–Kier alpha value is -2.99. The van der Waals surface area contributed by atoms with Gasteiger partial charge in [0.05, 0.1) is 4.90 Å². The summed E-state index contributed by atoms with van der Waals surface area (Å²) >= 11 is 0. The number of carbonyl (C=O) groups is 1. The fourth-order valence-electron chi connectivity index (χ4n) is 2.95. The first-order valence-corrected chi connectivity index (χ1v) is 10.6. The number of pyridine rings is 1. The Kier molecular flexibility index (Phi) is 6.55. The van der Waals surface area contributed by atoms with E-state index in [9.17, 15) is 13.2 Å². The number of hydrogen-bond donors (Lipinski definition) is 1. The summed E-state index contributed by atoms with van der Waals surface area (Å²) in [7, 11) is -3.67. The monoisotopic (exact) mass is 394 g/mol. The zero-order chi connectivity index (χ0) is 19.8. The molecule has 0 bridgehead atoms. The molecule has 0 spiro atoms. The van der Waals surface area contributed by atoms with Crippen LogP contribution in [-0.2, 0) is 21.1 Å². The summed E-state index contributed by atoms with van der Waals surface area (Å²) in [6.07, 6.45) is 4.03. The van der Waals surface area contributed by atoms with E-state index in [4.69, 9.17) is 0 Å². The number of aromatic nitrogens is 1. The standard InChI is InChI=1S/C22H22N2O3S/c25-22(14-13-18-8-3-1-4-9-18)24-17-21(19-10-7-15-23-16-19)28(26,27)20-11-5-2-6-12-20/h1-12,15-16,21H,13-14,17H2,(H,24,25)/t21-/m1/s1. The molecular formula is C22H22N2O3S. The number of sulfone groups is 1. The Morgan fingerprint density at radius 3 is 2.25 bits per heavy atom. The van der Waals surface area contributed by atoms with Crippen LogP contribution in [0.4, 0.5) is 0 Å². The third-order valence-corrected chi connectivity index (χ3v) is 6.59. The van der Waals surface area contributed by atoms with Crippen LogP contribution in [0.3, 0.4) is 0 Å². The van der Waals surface area contributed by atoms with E-state index in [1.807, 2.05) is 30.3 Å². The van der Waals surface area contributed by atoms with E-state index in [1.54, 1.807) is 48.7 Å². The lowest BCUT2D eigenvalue weighted by Crippen LogP contribution is -2.32. The molecule has 0 saturated carbocycles. The summed E-state index contributed by atoms with van der Waals surface area (Å²) in [5, 5.41) is 1.88. The van der Waals surface area contributed by atoms with Gasteiger partial charge >= 0.3 is 0 Å². The van der Waals surface area contributed by atoms with Gasteiger partial charge in [-0.1, -0.05) is 54.6 Å². The zero-order valence-corrected chi connectivity index (χ0v) is 16.2. The molecule has 5 nitrogen and oxygen atoms in total. The normalized spacial score (nSPS) is 12.3. The molecule has 1 N–H and O–H groups in total. The molecule has 0 saturated heterocycles. The van der Waals surface area contributed by atoms with Crippen molar-refractivity contribution in [2.45, 2.75) is 23.0 Å². The van der Waals surface area contributed by atoms with Crippen LogP contribution in [0.1, 0.15) is 22.8 Å². The predicted octanol–water partition coefficient (Wildman–Crippen LogP) is 3.35. The van der Waals surface area contributed by atoms with Crippen LogP contribution in [0.15, 0.2) is 90.1 Å². The highest BCUT2D eigenvalue weighted by atomic mass is 32.2. The van der Waals surface area contributed by atoms with Crippen molar-refractivity contribution in [2.24, 2.45) is 0 Å². The predicted molar refractivity (Wildman–Crippen MR) is 108 cm³/mol. The Labute approximate surface area is 165 Å². The maximum atomic E-state index is 13.1. The van der Waals surface area contributed by atoms with Gasteiger partial charge in [0.15, 0.2) is 9.84 Å². The van der Waals surface area contributed by atoms with Crippen molar-refractivity contribution in [3.8, 4) is 0 Å². The van der Waals surface area contributed by atoms with Crippen molar-refractivity contribution in [3.05, 3.63) is 96.3 Å². The molecule has 28 heavy (non-hydrogen) atoms. The first-order valence-electron chi connectivity index (χ1n) is 9.07. The SMILES string of the molecule is O=C(CCc1ccccc1)NC[C@H](c1cccnc1)S(=O)(=O)c1ccccc1. The molecule has 0 aliphatic carbocycles. The number of rotatable bonds is 8. The molecule has 0 radical (unpaired) electrons. The molecule has 2 aromatic carbocycles. The van der Waals surface area contributed by atoms with E-state index in [2.05, 4.69) is 10.3 Å². The maximum Gasteiger partial charge on any atom is 0.220 e. The highest BCUT2D eigenvalue weighted by Gasteiger charge is 2.29. The van der Waals surface area contributed by atoms with Crippen molar-refractivity contribution in [1.82, 2.24) is 10.3 Å². The third-order valence-electron chi connectivity index (χ3n) is 4.47. The molecule has 3 rings (SSSR count). The fraction of sp³-hybridized carbons (Fsp3) is 0.182. The summed E-state index contributed by atoms with van der Waals surface area (Å²) in [5.41, 5.74) is 1.62. The molecule has 0 aliphatic rings. The summed E-state index contributed by atoms with van der Waals surface area (Å²) in [6.45, 7) is -0.00343. The molecule has 1 heterocycles. The molecule has 3 aromatic rings.